The van der Waals surface area contributed by atoms with Crippen molar-refractivity contribution in [2.45, 2.75) is 20.4 Å². The van der Waals surface area contributed by atoms with Gasteiger partial charge in [-0.3, -0.25) is 0 Å². The first-order valence-corrected chi connectivity index (χ1v) is 11.4. The van der Waals surface area contributed by atoms with E-state index in [4.69, 9.17) is 9.73 Å². The van der Waals surface area contributed by atoms with Crippen molar-refractivity contribution in [1.29, 1.82) is 0 Å². The van der Waals surface area contributed by atoms with E-state index in [9.17, 15) is 4.79 Å². The highest BCUT2D eigenvalue weighted by molar-refractivity contribution is 6.03. The van der Waals surface area contributed by atoms with Crippen LogP contribution in [0.2, 0.25) is 0 Å². The number of aryl methyl sites for hydroxylation is 2. The summed E-state index contributed by atoms with van der Waals surface area (Å²) < 4.78 is 6.23. The second-order valence-electron chi connectivity index (χ2n) is 8.63. The Morgan fingerprint density at radius 1 is 0.909 bits per heavy atom. The molecule has 0 aliphatic carbocycles. The molecule has 2 aliphatic rings. The number of piperazine rings is 1. The van der Waals surface area contributed by atoms with Crippen LogP contribution in [0.3, 0.4) is 0 Å². The summed E-state index contributed by atoms with van der Waals surface area (Å²) in [6.07, 6.45) is 0. The molecule has 0 atom stereocenters. The zero-order chi connectivity index (χ0) is 22.8. The molecule has 0 radical (unpaired) electrons. The molecule has 6 heteroatoms. The summed E-state index contributed by atoms with van der Waals surface area (Å²) in [5.74, 6) is 2.47. The number of nitrogens with zero attached hydrogens (tertiary/aromatic N) is 3. The SMILES string of the molecule is Cc1cccc(CNC(=O)N2CCN(C3=Nc4ccc(C)cc4Oc4ccccc43)CC2)c1. The minimum absolute atomic E-state index is 0.0245. The quantitative estimate of drug-likeness (QED) is 0.609. The van der Waals surface area contributed by atoms with E-state index in [1.54, 1.807) is 0 Å². The zero-order valence-corrected chi connectivity index (χ0v) is 19.0. The number of nitrogens with one attached hydrogen (secondary N) is 1. The van der Waals surface area contributed by atoms with Gasteiger partial charge in [0.25, 0.3) is 0 Å². The molecule has 1 N–H and O–H groups in total. The van der Waals surface area contributed by atoms with Crippen LogP contribution in [-0.2, 0) is 6.54 Å². The number of rotatable bonds is 2. The Morgan fingerprint density at radius 3 is 2.52 bits per heavy atom. The van der Waals surface area contributed by atoms with Gasteiger partial charge in [0.15, 0.2) is 5.75 Å². The van der Waals surface area contributed by atoms with E-state index in [2.05, 4.69) is 35.3 Å². The molecule has 2 amide bonds. The maximum atomic E-state index is 12.7. The van der Waals surface area contributed by atoms with E-state index >= 15 is 0 Å². The Morgan fingerprint density at radius 2 is 1.70 bits per heavy atom. The minimum atomic E-state index is -0.0245. The van der Waals surface area contributed by atoms with Gasteiger partial charge >= 0.3 is 6.03 Å². The second kappa shape index (κ2) is 8.98. The van der Waals surface area contributed by atoms with Gasteiger partial charge < -0.3 is 19.9 Å². The predicted molar refractivity (Wildman–Crippen MR) is 130 cm³/mol. The molecule has 5 rings (SSSR count). The second-order valence-corrected chi connectivity index (χ2v) is 8.63. The lowest BCUT2D eigenvalue weighted by atomic mass is 10.1. The number of benzene rings is 3. The third-order valence-corrected chi connectivity index (χ3v) is 6.08. The van der Waals surface area contributed by atoms with Gasteiger partial charge in [0, 0.05) is 32.7 Å². The zero-order valence-electron chi connectivity index (χ0n) is 19.0. The van der Waals surface area contributed by atoms with Crippen LogP contribution in [-0.4, -0.2) is 47.8 Å². The van der Waals surface area contributed by atoms with E-state index in [0.29, 0.717) is 32.7 Å². The van der Waals surface area contributed by atoms with E-state index in [1.807, 2.05) is 60.4 Å². The molecular weight excluding hydrogens is 412 g/mol. The smallest absolute Gasteiger partial charge is 0.317 e. The van der Waals surface area contributed by atoms with Crippen molar-refractivity contribution in [3.05, 3.63) is 89.0 Å². The van der Waals surface area contributed by atoms with E-state index in [-0.39, 0.29) is 6.03 Å². The van der Waals surface area contributed by atoms with Gasteiger partial charge in [-0.25, -0.2) is 9.79 Å². The summed E-state index contributed by atoms with van der Waals surface area (Å²) >= 11 is 0. The van der Waals surface area contributed by atoms with Crippen LogP contribution in [0.25, 0.3) is 0 Å². The molecule has 168 valence electrons. The first kappa shape index (κ1) is 21.1. The van der Waals surface area contributed by atoms with E-state index < -0.39 is 0 Å². The number of urea groups is 1. The molecule has 0 unspecified atom stereocenters. The van der Waals surface area contributed by atoms with Crippen molar-refractivity contribution >= 4 is 17.6 Å². The molecule has 0 aromatic heterocycles. The third-order valence-electron chi connectivity index (χ3n) is 6.08. The van der Waals surface area contributed by atoms with Crippen molar-refractivity contribution < 1.29 is 9.53 Å². The number of aliphatic imine (C=N–C) groups is 1. The molecule has 0 bridgehead atoms. The summed E-state index contributed by atoms with van der Waals surface area (Å²) in [5.41, 5.74) is 5.24. The standard InChI is InChI=1S/C27H28N4O2/c1-19-6-5-7-21(16-19)18-28-27(32)31-14-12-30(13-15-31)26-22-8-3-4-9-24(22)33-25-17-20(2)10-11-23(25)29-26/h3-11,16-17H,12-15,18H2,1-2H3,(H,28,32). The number of carbonyl (C=O) groups is 1. The van der Waals surface area contributed by atoms with Gasteiger partial charge in [-0.2, -0.15) is 0 Å². The molecule has 33 heavy (non-hydrogen) atoms. The Labute approximate surface area is 194 Å². The van der Waals surface area contributed by atoms with Crippen LogP contribution in [0.5, 0.6) is 11.5 Å². The number of fused-ring (bicyclic) bond motifs is 2. The van der Waals surface area contributed by atoms with Crippen LogP contribution in [0.4, 0.5) is 10.5 Å². The number of carbonyl (C=O) groups excluding carboxylic acids is 1. The largest absolute Gasteiger partial charge is 0.454 e. The predicted octanol–water partition coefficient (Wildman–Crippen LogP) is 5.01. The van der Waals surface area contributed by atoms with Crippen molar-refractivity contribution in [2.75, 3.05) is 26.2 Å². The van der Waals surface area contributed by atoms with Crippen molar-refractivity contribution in [2.24, 2.45) is 4.99 Å². The van der Waals surface area contributed by atoms with Crippen molar-refractivity contribution in [3.8, 4) is 11.5 Å². The molecule has 6 nitrogen and oxygen atoms in total. The van der Waals surface area contributed by atoms with Crippen LogP contribution in [0.15, 0.2) is 71.7 Å². The summed E-state index contributed by atoms with van der Waals surface area (Å²) in [7, 11) is 0. The molecule has 3 aromatic rings. The lowest BCUT2D eigenvalue weighted by Gasteiger charge is -2.36. The highest BCUT2D eigenvalue weighted by Gasteiger charge is 2.27. The van der Waals surface area contributed by atoms with Crippen molar-refractivity contribution in [3.63, 3.8) is 0 Å². The number of para-hydroxylation sites is 1. The van der Waals surface area contributed by atoms with Crippen LogP contribution in [0.1, 0.15) is 22.3 Å². The fourth-order valence-electron chi connectivity index (χ4n) is 4.30. The maximum Gasteiger partial charge on any atom is 0.317 e. The Bertz CT molecular complexity index is 1210. The summed E-state index contributed by atoms with van der Waals surface area (Å²) in [6.45, 7) is 7.36. The lowest BCUT2D eigenvalue weighted by molar-refractivity contribution is 0.169. The Balaban J connectivity index is 1.30. The number of ether oxygens (including phenoxy) is 1. The third kappa shape index (κ3) is 4.55. The van der Waals surface area contributed by atoms with E-state index in [0.717, 1.165) is 39.7 Å². The molecule has 2 aliphatic heterocycles. The van der Waals surface area contributed by atoms with Gasteiger partial charge in [-0.05, 0) is 49.2 Å². The van der Waals surface area contributed by atoms with Crippen molar-refractivity contribution in [1.82, 2.24) is 15.1 Å². The minimum Gasteiger partial charge on any atom is -0.454 e. The first-order chi connectivity index (χ1) is 16.1. The average molecular weight is 441 g/mol. The molecule has 0 saturated carbocycles. The van der Waals surface area contributed by atoms with Crippen LogP contribution < -0.4 is 10.1 Å². The molecule has 2 heterocycles. The van der Waals surface area contributed by atoms with Gasteiger partial charge in [0.1, 0.15) is 17.3 Å². The highest BCUT2D eigenvalue weighted by Crippen LogP contribution is 2.38. The highest BCUT2D eigenvalue weighted by atomic mass is 16.5. The molecular formula is C27H28N4O2. The average Bonchev–Trinajstić information content (AvgIpc) is 2.99. The normalized spacial score (nSPS) is 15.0. The molecule has 0 spiro atoms. The molecule has 3 aromatic carbocycles. The summed E-state index contributed by atoms with van der Waals surface area (Å²) in [5, 5.41) is 3.05. The number of hydrogen-bond acceptors (Lipinski definition) is 4. The fraction of sp³-hybridized carbons (Fsp3) is 0.259. The number of amidine groups is 1. The van der Waals surface area contributed by atoms with Gasteiger partial charge in [0.2, 0.25) is 0 Å². The number of hydrogen-bond donors (Lipinski definition) is 1. The fourth-order valence-corrected chi connectivity index (χ4v) is 4.30. The lowest BCUT2D eigenvalue weighted by Crippen LogP contribution is -2.53. The van der Waals surface area contributed by atoms with Crippen LogP contribution in [0, 0.1) is 13.8 Å². The van der Waals surface area contributed by atoms with Gasteiger partial charge in [-0.15, -0.1) is 0 Å². The first-order valence-electron chi connectivity index (χ1n) is 11.4. The van der Waals surface area contributed by atoms with Crippen LogP contribution >= 0.6 is 0 Å². The maximum absolute atomic E-state index is 12.7. The topological polar surface area (TPSA) is 57.2 Å². The number of amides is 2. The molecule has 1 fully saturated rings. The Kier molecular flexibility index (Phi) is 5.73. The summed E-state index contributed by atoms with van der Waals surface area (Å²) in [4.78, 5) is 21.9. The Hall–Kier alpha value is -3.80. The van der Waals surface area contributed by atoms with Gasteiger partial charge in [-0.1, -0.05) is 48.0 Å². The van der Waals surface area contributed by atoms with Gasteiger partial charge in [0.05, 0.1) is 5.56 Å². The van der Waals surface area contributed by atoms with E-state index in [1.165, 1.54) is 5.56 Å². The monoisotopic (exact) mass is 440 g/mol. The molecule has 1 saturated heterocycles. The summed E-state index contributed by atoms with van der Waals surface area (Å²) in [6, 6.07) is 22.3.